The first kappa shape index (κ1) is 17.0. The van der Waals surface area contributed by atoms with Crippen LogP contribution in [0.5, 0.6) is 0 Å². The first-order valence-electron chi connectivity index (χ1n) is 7.05. The molecule has 1 aromatic carbocycles. The van der Waals surface area contributed by atoms with E-state index in [1.807, 2.05) is 30.3 Å². The highest BCUT2D eigenvalue weighted by Crippen LogP contribution is 2.05. The van der Waals surface area contributed by atoms with E-state index in [-0.39, 0.29) is 26.0 Å². The number of hydrogen-bond acceptors (Lipinski definition) is 7. The van der Waals surface area contributed by atoms with E-state index in [1.54, 1.807) is 7.05 Å². The minimum atomic E-state index is -1.25. The van der Waals surface area contributed by atoms with Gasteiger partial charge in [-0.3, -0.25) is 24.1 Å². The molecule has 9 heteroatoms. The van der Waals surface area contributed by atoms with Crippen LogP contribution in [0.3, 0.4) is 0 Å². The Morgan fingerprint density at radius 2 is 1.83 bits per heavy atom. The zero-order valence-corrected chi connectivity index (χ0v) is 12.7. The van der Waals surface area contributed by atoms with E-state index < -0.39 is 25.0 Å². The number of nitrogens with one attached hydrogen (secondary N) is 1. The molecule has 1 aliphatic rings. The molecule has 1 aliphatic heterocycles. The average Bonchev–Trinajstić information content (AvgIpc) is 2.46. The SMILES string of the molecule is CN1CC(=O)OB(CC(=O)NOCc2ccccc2)OC(=O)C1. The molecule has 0 aliphatic carbocycles. The predicted molar refractivity (Wildman–Crippen MR) is 79.6 cm³/mol. The highest BCUT2D eigenvalue weighted by atomic mass is 16.7. The summed E-state index contributed by atoms with van der Waals surface area (Å²) < 4.78 is 9.85. The van der Waals surface area contributed by atoms with Crippen LogP contribution in [0, 0.1) is 0 Å². The first-order chi connectivity index (χ1) is 11.0. The largest absolute Gasteiger partial charge is 0.608 e. The number of hydroxylamine groups is 1. The molecule has 23 heavy (non-hydrogen) atoms. The lowest BCUT2D eigenvalue weighted by Crippen LogP contribution is -2.44. The predicted octanol–water partition coefficient (Wildman–Crippen LogP) is -0.246. The molecule has 0 bridgehead atoms. The van der Waals surface area contributed by atoms with Crippen LogP contribution < -0.4 is 5.48 Å². The average molecular weight is 320 g/mol. The highest BCUT2D eigenvalue weighted by molar-refractivity contribution is 6.53. The normalized spacial score (nSPS) is 16.1. The van der Waals surface area contributed by atoms with E-state index >= 15 is 0 Å². The highest BCUT2D eigenvalue weighted by Gasteiger charge is 2.34. The summed E-state index contributed by atoms with van der Waals surface area (Å²) in [6.45, 7) is 0.108. The Kier molecular flexibility index (Phi) is 6.13. The molecule has 0 radical (unpaired) electrons. The molecule has 2 rings (SSSR count). The summed E-state index contributed by atoms with van der Waals surface area (Å²) in [5, 5.41) is 0. The van der Waals surface area contributed by atoms with Crippen molar-refractivity contribution in [3.63, 3.8) is 0 Å². The van der Waals surface area contributed by atoms with Crippen LogP contribution in [0.15, 0.2) is 30.3 Å². The molecule has 1 N–H and O–H groups in total. The van der Waals surface area contributed by atoms with Crippen LogP contribution in [-0.2, 0) is 35.1 Å². The third kappa shape index (κ3) is 6.09. The molecule has 8 nitrogen and oxygen atoms in total. The minimum Gasteiger partial charge on any atom is -0.498 e. The van der Waals surface area contributed by atoms with Crippen LogP contribution in [0.1, 0.15) is 5.56 Å². The lowest BCUT2D eigenvalue weighted by Gasteiger charge is -2.22. The Balaban J connectivity index is 1.77. The molecule has 1 heterocycles. The summed E-state index contributed by atoms with van der Waals surface area (Å²) in [6.07, 6.45) is -0.323. The maximum atomic E-state index is 11.7. The Morgan fingerprint density at radius 3 is 2.43 bits per heavy atom. The second-order valence-corrected chi connectivity index (χ2v) is 5.09. The maximum Gasteiger partial charge on any atom is 0.608 e. The fraction of sp³-hybridized carbons (Fsp3) is 0.357. The van der Waals surface area contributed by atoms with Gasteiger partial charge in [0.25, 0.3) is 0 Å². The third-order valence-electron chi connectivity index (χ3n) is 2.94. The zero-order chi connectivity index (χ0) is 16.7. The Labute approximate surface area is 133 Å². The van der Waals surface area contributed by atoms with E-state index in [2.05, 4.69) is 5.48 Å². The van der Waals surface area contributed by atoms with Crippen molar-refractivity contribution in [2.45, 2.75) is 12.9 Å². The molecular weight excluding hydrogens is 303 g/mol. The fourth-order valence-electron chi connectivity index (χ4n) is 1.94. The quantitative estimate of drug-likeness (QED) is 0.591. The van der Waals surface area contributed by atoms with Crippen LogP contribution in [0.25, 0.3) is 0 Å². The van der Waals surface area contributed by atoms with Crippen LogP contribution in [-0.4, -0.2) is 50.0 Å². The smallest absolute Gasteiger partial charge is 0.498 e. The van der Waals surface area contributed by atoms with Crippen molar-refractivity contribution in [3.05, 3.63) is 35.9 Å². The van der Waals surface area contributed by atoms with E-state index in [0.717, 1.165) is 5.56 Å². The van der Waals surface area contributed by atoms with Gasteiger partial charge in [-0.2, -0.15) is 0 Å². The third-order valence-corrected chi connectivity index (χ3v) is 2.94. The van der Waals surface area contributed by atoms with E-state index in [4.69, 9.17) is 14.1 Å². The lowest BCUT2D eigenvalue weighted by atomic mass is 9.84. The summed E-state index contributed by atoms with van der Waals surface area (Å²) in [5.74, 6) is -1.69. The van der Waals surface area contributed by atoms with Gasteiger partial charge >= 0.3 is 19.1 Å². The Hall–Kier alpha value is -2.39. The number of hydrogen-bond donors (Lipinski definition) is 1. The van der Waals surface area contributed by atoms with Gasteiger partial charge in [-0.1, -0.05) is 30.3 Å². The second kappa shape index (κ2) is 8.30. The monoisotopic (exact) mass is 320 g/mol. The molecule has 1 aromatic rings. The van der Waals surface area contributed by atoms with Gasteiger partial charge < -0.3 is 9.31 Å². The summed E-state index contributed by atoms with van der Waals surface area (Å²) in [4.78, 5) is 41.3. The van der Waals surface area contributed by atoms with Crippen molar-refractivity contribution in [2.75, 3.05) is 20.1 Å². The van der Waals surface area contributed by atoms with Gasteiger partial charge in [0.1, 0.15) is 0 Å². The van der Waals surface area contributed by atoms with Gasteiger partial charge in [-0.25, -0.2) is 5.48 Å². The van der Waals surface area contributed by atoms with Crippen LogP contribution >= 0.6 is 0 Å². The van der Waals surface area contributed by atoms with Crippen LogP contribution in [0.4, 0.5) is 0 Å². The van der Waals surface area contributed by atoms with E-state index in [9.17, 15) is 14.4 Å². The number of carbonyl (C=O) groups is 3. The van der Waals surface area contributed by atoms with Gasteiger partial charge in [-0.15, -0.1) is 0 Å². The van der Waals surface area contributed by atoms with Crippen molar-refractivity contribution >= 4 is 25.0 Å². The number of carbonyl (C=O) groups excluding carboxylic acids is 3. The van der Waals surface area contributed by atoms with Gasteiger partial charge in [-0.05, 0) is 12.6 Å². The molecule has 0 atom stereocenters. The topological polar surface area (TPSA) is 94.2 Å². The Bertz CT molecular complexity index is 548. The number of nitrogens with zero attached hydrogens (tertiary/aromatic N) is 1. The van der Waals surface area contributed by atoms with Gasteiger partial charge in [0.15, 0.2) is 0 Å². The molecule has 1 fully saturated rings. The Morgan fingerprint density at radius 1 is 1.22 bits per heavy atom. The number of benzene rings is 1. The molecule has 122 valence electrons. The number of rotatable bonds is 5. The maximum absolute atomic E-state index is 11.7. The molecular formula is C14H17BN2O6. The van der Waals surface area contributed by atoms with E-state index in [1.165, 1.54) is 4.90 Å². The summed E-state index contributed by atoms with van der Waals surface area (Å²) in [6, 6.07) is 9.27. The molecule has 1 saturated heterocycles. The zero-order valence-electron chi connectivity index (χ0n) is 12.7. The molecule has 0 unspecified atom stereocenters. The summed E-state index contributed by atoms with van der Waals surface area (Å²) in [7, 11) is 0.344. The molecule has 0 saturated carbocycles. The summed E-state index contributed by atoms with van der Waals surface area (Å²) >= 11 is 0. The standard InChI is InChI=1S/C14H17BN2O6/c1-17-8-13(19)22-15(23-14(20)9-17)7-12(18)16-21-10-11-5-3-2-4-6-11/h2-6H,7-10H2,1H3,(H,16,18). The van der Waals surface area contributed by atoms with Crippen molar-refractivity contribution in [1.29, 1.82) is 0 Å². The van der Waals surface area contributed by atoms with E-state index in [0.29, 0.717) is 0 Å². The molecule has 0 spiro atoms. The molecule has 1 amide bonds. The molecule has 0 aromatic heterocycles. The van der Waals surface area contributed by atoms with Crippen molar-refractivity contribution < 1.29 is 28.5 Å². The summed E-state index contributed by atoms with van der Waals surface area (Å²) in [5.41, 5.74) is 3.11. The minimum absolute atomic E-state index is 0.0439. The van der Waals surface area contributed by atoms with Crippen molar-refractivity contribution in [2.24, 2.45) is 0 Å². The fourth-order valence-corrected chi connectivity index (χ4v) is 1.94. The van der Waals surface area contributed by atoms with Crippen molar-refractivity contribution in [3.8, 4) is 0 Å². The van der Waals surface area contributed by atoms with Gasteiger partial charge in [0.05, 0.1) is 26.0 Å². The first-order valence-corrected chi connectivity index (χ1v) is 7.05. The lowest BCUT2D eigenvalue weighted by molar-refractivity contribution is -0.145. The van der Waals surface area contributed by atoms with Crippen molar-refractivity contribution in [1.82, 2.24) is 10.4 Å². The van der Waals surface area contributed by atoms with Crippen LogP contribution in [0.2, 0.25) is 6.32 Å². The number of likely N-dealkylation sites (N-methyl/N-ethyl adjacent to an activating group) is 1. The van der Waals surface area contributed by atoms with Gasteiger partial charge in [0, 0.05) is 0 Å². The van der Waals surface area contributed by atoms with Gasteiger partial charge in [0.2, 0.25) is 5.91 Å². The number of amides is 1. The second-order valence-electron chi connectivity index (χ2n) is 5.09.